The summed E-state index contributed by atoms with van der Waals surface area (Å²) in [5.41, 5.74) is 1.96. The number of hydrogen-bond acceptors (Lipinski definition) is 3. The first kappa shape index (κ1) is 14.2. The van der Waals surface area contributed by atoms with Crippen LogP contribution in [0.15, 0.2) is 27.1 Å². The van der Waals surface area contributed by atoms with E-state index in [1.54, 1.807) is 0 Å². The Morgan fingerprint density at radius 3 is 2.50 bits per heavy atom. The van der Waals surface area contributed by atoms with Crippen LogP contribution >= 0.6 is 54.5 Å². The van der Waals surface area contributed by atoms with E-state index >= 15 is 0 Å². The third-order valence-electron chi connectivity index (χ3n) is 2.43. The van der Waals surface area contributed by atoms with Gasteiger partial charge in [-0.05, 0) is 79.6 Å². The van der Waals surface area contributed by atoms with Gasteiger partial charge in [0, 0.05) is 21.6 Å². The summed E-state index contributed by atoms with van der Waals surface area (Å²) in [4.78, 5) is 9.05. The number of nitrogens with zero attached hydrogens (tertiary/aromatic N) is 2. The summed E-state index contributed by atoms with van der Waals surface area (Å²) in [7, 11) is 1.87. The average molecular weight is 483 g/mol. The lowest BCUT2D eigenvalue weighted by atomic mass is 10.2. The van der Waals surface area contributed by atoms with Crippen LogP contribution in [0.3, 0.4) is 0 Å². The van der Waals surface area contributed by atoms with Gasteiger partial charge in [-0.25, -0.2) is 9.97 Å². The van der Waals surface area contributed by atoms with Crippen molar-refractivity contribution in [1.82, 2.24) is 9.97 Å². The summed E-state index contributed by atoms with van der Waals surface area (Å²) in [5.74, 6) is 1.59. The average Bonchev–Trinajstić information content (AvgIpc) is 2.36. The lowest BCUT2D eigenvalue weighted by Crippen LogP contribution is -2.02. The van der Waals surface area contributed by atoms with Gasteiger partial charge in [-0.3, -0.25) is 0 Å². The highest BCUT2D eigenvalue weighted by molar-refractivity contribution is 14.1. The van der Waals surface area contributed by atoms with E-state index < -0.39 is 0 Å². The molecule has 0 amide bonds. The molecule has 2 aromatic rings. The summed E-state index contributed by atoms with van der Waals surface area (Å²) in [6.45, 7) is 1.99. The van der Waals surface area contributed by atoms with Crippen LogP contribution in [-0.4, -0.2) is 17.0 Å². The minimum Gasteiger partial charge on any atom is -0.372 e. The Morgan fingerprint density at radius 1 is 1.17 bits per heavy atom. The van der Waals surface area contributed by atoms with Crippen LogP contribution in [0, 0.1) is 10.5 Å². The first-order valence-electron chi connectivity index (χ1n) is 5.20. The van der Waals surface area contributed by atoms with E-state index in [0.717, 1.165) is 35.4 Å². The monoisotopic (exact) mass is 481 g/mol. The molecule has 0 saturated heterocycles. The number of benzene rings is 1. The van der Waals surface area contributed by atoms with Crippen LogP contribution in [0.2, 0.25) is 0 Å². The second-order valence-corrected chi connectivity index (χ2v) is 6.46. The molecule has 0 aliphatic heterocycles. The molecule has 0 atom stereocenters. The van der Waals surface area contributed by atoms with Crippen molar-refractivity contribution in [3.8, 4) is 11.4 Å². The molecule has 1 aromatic carbocycles. The number of aromatic nitrogens is 2. The third-order valence-corrected chi connectivity index (χ3v) is 5.60. The standard InChI is InChI=1S/C12H10Br2IN3/c1-6-10(15)12(16-2)18-11(17-6)7-3-4-8(13)9(14)5-7/h3-5H,1-2H3,(H,16,17,18). The molecular formula is C12H10Br2IN3. The minimum absolute atomic E-state index is 0.727. The zero-order valence-corrected chi connectivity index (χ0v) is 15.1. The van der Waals surface area contributed by atoms with E-state index in [1.807, 2.05) is 32.2 Å². The van der Waals surface area contributed by atoms with Gasteiger partial charge in [0.05, 0.1) is 9.26 Å². The summed E-state index contributed by atoms with van der Waals surface area (Å²) in [6, 6.07) is 5.98. The number of rotatable bonds is 2. The molecule has 3 nitrogen and oxygen atoms in total. The van der Waals surface area contributed by atoms with Crippen LogP contribution in [0.4, 0.5) is 5.82 Å². The van der Waals surface area contributed by atoms with Gasteiger partial charge in [0.1, 0.15) is 5.82 Å². The van der Waals surface area contributed by atoms with E-state index in [9.17, 15) is 0 Å². The SMILES string of the molecule is CNc1nc(-c2ccc(Br)c(Br)c2)nc(C)c1I. The van der Waals surface area contributed by atoms with Gasteiger partial charge in [-0.15, -0.1) is 0 Å². The number of nitrogens with one attached hydrogen (secondary N) is 1. The van der Waals surface area contributed by atoms with Crippen molar-refractivity contribution in [3.05, 3.63) is 36.4 Å². The predicted molar refractivity (Wildman–Crippen MR) is 89.9 cm³/mol. The normalized spacial score (nSPS) is 10.5. The maximum atomic E-state index is 4.53. The quantitative estimate of drug-likeness (QED) is 0.635. The van der Waals surface area contributed by atoms with E-state index in [0.29, 0.717) is 0 Å². The van der Waals surface area contributed by atoms with E-state index in [-0.39, 0.29) is 0 Å². The maximum Gasteiger partial charge on any atom is 0.161 e. The van der Waals surface area contributed by atoms with Crippen molar-refractivity contribution in [2.24, 2.45) is 0 Å². The van der Waals surface area contributed by atoms with Crippen molar-refractivity contribution in [1.29, 1.82) is 0 Å². The second-order valence-electron chi connectivity index (χ2n) is 3.67. The smallest absolute Gasteiger partial charge is 0.161 e. The van der Waals surface area contributed by atoms with Crippen molar-refractivity contribution < 1.29 is 0 Å². The first-order valence-corrected chi connectivity index (χ1v) is 7.86. The summed E-state index contributed by atoms with van der Waals surface area (Å²) in [5, 5.41) is 3.09. The number of halogens is 3. The highest BCUT2D eigenvalue weighted by Gasteiger charge is 2.10. The largest absolute Gasteiger partial charge is 0.372 e. The number of hydrogen-bond donors (Lipinski definition) is 1. The van der Waals surface area contributed by atoms with Gasteiger partial charge in [0.25, 0.3) is 0 Å². The molecule has 0 unspecified atom stereocenters. The van der Waals surface area contributed by atoms with Crippen LogP contribution in [0.25, 0.3) is 11.4 Å². The van der Waals surface area contributed by atoms with Gasteiger partial charge in [0.2, 0.25) is 0 Å². The molecule has 1 aromatic heterocycles. The topological polar surface area (TPSA) is 37.8 Å². The zero-order valence-electron chi connectivity index (χ0n) is 9.76. The number of anilines is 1. The summed E-state index contributed by atoms with van der Waals surface area (Å²) >= 11 is 9.20. The zero-order chi connectivity index (χ0) is 13.3. The molecule has 0 spiro atoms. The first-order chi connectivity index (χ1) is 8.52. The Bertz CT molecular complexity index is 602. The highest BCUT2D eigenvalue weighted by Crippen LogP contribution is 2.29. The molecule has 1 heterocycles. The van der Waals surface area contributed by atoms with Gasteiger partial charge in [-0.1, -0.05) is 0 Å². The molecule has 0 fully saturated rings. The van der Waals surface area contributed by atoms with Crippen molar-refractivity contribution in [3.63, 3.8) is 0 Å². The van der Waals surface area contributed by atoms with Crippen LogP contribution in [-0.2, 0) is 0 Å². The molecule has 2 rings (SSSR count). The van der Waals surface area contributed by atoms with Gasteiger partial charge in [0.15, 0.2) is 5.82 Å². The molecule has 1 N–H and O–H groups in total. The fraction of sp³-hybridized carbons (Fsp3) is 0.167. The Balaban J connectivity index is 2.57. The van der Waals surface area contributed by atoms with E-state index in [1.165, 1.54) is 0 Å². The molecule has 94 valence electrons. The van der Waals surface area contributed by atoms with Crippen LogP contribution in [0.1, 0.15) is 5.69 Å². The molecule has 0 aliphatic rings. The van der Waals surface area contributed by atoms with Crippen molar-refractivity contribution in [2.45, 2.75) is 6.92 Å². The molecule has 0 radical (unpaired) electrons. The van der Waals surface area contributed by atoms with Crippen molar-refractivity contribution >= 4 is 60.3 Å². The van der Waals surface area contributed by atoms with E-state index in [2.05, 4.69) is 69.7 Å². The van der Waals surface area contributed by atoms with E-state index in [4.69, 9.17) is 0 Å². The fourth-order valence-corrected chi connectivity index (χ4v) is 2.63. The van der Waals surface area contributed by atoms with Gasteiger partial charge < -0.3 is 5.32 Å². The fourth-order valence-electron chi connectivity index (χ4n) is 1.49. The lowest BCUT2D eigenvalue weighted by molar-refractivity contribution is 1.09. The minimum atomic E-state index is 0.727. The van der Waals surface area contributed by atoms with Crippen LogP contribution < -0.4 is 5.32 Å². The Hall–Kier alpha value is -0.210. The highest BCUT2D eigenvalue weighted by atomic mass is 127. The molecule has 0 bridgehead atoms. The molecule has 0 aliphatic carbocycles. The second kappa shape index (κ2) is 5.83. The predicted octanol–water partition coefficient (Wildman–Crippen LogP) is 4.62. The molecular weight excluding hydrogens is 473 g/mol. The lowest BCUT2D eigenvalue weighted by Gasteiger charge is -2.09. The number of aryl methyl sites for hydroxylation is 1. The van der Waals surface area contributed by atoms with Gasteiger partial charge in [-0.2, -0.15) is 0 Å². The van der Waals surface area contributed by atoms with Gasteiger partial charge >= 0.3 is 0 Å². The third kappa shape index (κ3) is 2.85. The molecule has 6 heteroatoms. The molecule has 18 heavy (non-hydrogen) atoms. The Kier molecular flexibility index (Phi) is 4.60. The van der Waals surface area contributed by atoms with Crippen molar-refractivity contribution in [2.75, 3.05) is 12.4 Å². The Morgan fingerprint density at radius 2 is 1.89 bits per heavy atom. The molecule has 0 saturated carbocycles. The summed E-state index contributed by atoms with van der Waals surface area (Å²) < 4.78 is 3.06. The Labute approximate surface area is 136 Å². The van der Waals surface area contributed by atoms with Crippen LogP contribution in [0.5, 0.6) is 0 Å². The maximum absolute atomic E-state index is 4.53. The summed E-state index contributed by atoms with van der Waals surface area (Å²) in [6.07, 6.45) is 0.